The molecule has 35 heavy (non-hydrogen) atoms. The molecule has 1 saturated heterocycles. The van der Waals surface area contributed by atoms with E-state index in [2.05, 4.69) is 25.7 Å². The van der Waals surface area contributed by atoms with E-state index in [9.17, 15) is 18.0 Å². The van der Waals surface area contributed by atoms with E-state index in [0.717, 1.165) is 23.3 Å². The zero-order valence-corrected chi connectivity index (χ0v) is 19.1. The molecule has 0 unspecified atom stereocenters. The first-order valence-corrected chi connectivity index (χ1v) is 11.0. The summed E-state index contributed by atoms with van der Waals surface area (Å²) in [5.41, 5.74) is 1.67. The van der Waals surface area contributed by atoms with E-state index in [1.807, 2.05) is 17.9 Å². The largest absolute Gasteiger partial charge is 0.435 e. The summed E-state index contributed by atoms with van der Waals surface area (Å²) < 4.78 is 43.2. The zero-order valence-electron chi connectivity index (χ0n) is 19.1. The molecule has 0 aliphatic carbocycles. The number of hydrogen-bond acceptors (Lipinski definition) is 6. The van der Waals surface area contributed by atoms with Crippen molar-refractivity contribution in [3.63, 3.8) is 0 Å². The number of amides is 1. The van der Waals surface area contributed by atoms with Gasteiger partial charge < -0.3 is 15.5 Å². The molecular weight excluding hydrogens is 461 g/mol. The van der Waals surface area contributed by atoms with Crippen LogP contribution in [0.3, 0.4) is 0 Å². The van der Waals surface area contributed by atoms with Crippen LogP contribution in [0, 0.1) is 6.92 Å². The first kappa shape index (κ1) is 22.8. The zero-order chi connectivity index (χ0) is 24.7. The third kappa shape index (κ3) is 4.32. The summed E-state index contributed by atoms with van der Waals surface area (Å²) in [6.07, 6.45) is 1.12. The van der Waals surface area contributed by atoms with Gasteiger partial charge in [0.05, 0.1) is 17.5 Å². The molecule has 0 spiro atoms. The number of carbonyl (C=O) groups excluding carboxylic acids is 1. The number of hydrogen-bond donors (Lipinski definition) is 2. The van der Waals surface area contributed by atoms with Crippen molar-refractivity contribution in [1.29, 1.82) is 0 Å². The second-order valence-corrected chi connectivity index (χ2v) is 8.37. The lowest BCUT2D eigenvalue weighted by Gasteiger charge is -2.28. The lowest BCUT2D eigenvalue weighted by atomic mass is 10.1. The average Bonchev–Trinajstić information content (AvgIpc) is 3.43. The van der Waals surface area contributed by atoms with Crippen LogP contribution in [0.15, 0.2) is 43.0 Å². The molecule has 1 fully saturated rings. The Hall–Kier alpha value is -3.93. The molecule has 9 nitrogen and oxygen atoms in total. The van der Waals surface area contributed by atoms with Crippen molar-refractivity contribution in [1.82, 2.24) is 34.4 Å². The van der Waals surface area contributed by atoms with Gasteiger partial charge in [0.2, 0.25) is 0 Å². The molecule has 1 aromatic carbocycles. The van der Waals surface area contributed by atoms with Crippen LogP contribution >= 0.6 is 0 Å². The van der Waals surface area contributed by atoms with Crippen molar-refractivity contribution in [2.75, 3.05) is 31.5 Å². The SMILES string of the molecule is Cc1cc(Nc2nccn3c(-c4cn(C)nc4C(F)(F)F)cnc23)ccc1C(=O)N1CCNCC1. The smallest absolute Gasteiger partial charge is 0.337 e. The van der Waals surface area contributed by atoms with E-state index in [0.29, 0.717) is 35.8 Å². The fourth-order valence-corrected chi connectivity index (χ4v) is 4.25. The van der Waals surface area contributed by atoms with E-state index in [-0.39, 0.29) is 17.2 Å². The second-order valence-electron chi connectivity index (χ2n) is 8.37. The number of rotatable bonds is 4. The number of anilines is 2. The van der Waals surface area contributed by atoms with Gasteiger partial charge in [-0.3, -0.25) is 13.9 Å². The van der Waals surface area contributed by atoms with E-state index >= 15 is 0 Å². The van der Waals surface area contributed by atoms with Gasteiger partial charge in [-0.1, -0.05) is 0 Å². The number of nitrogens with one attached hydrogen (secondary N) is 2. The fraction of sp³-hybridized carbons (Fsp3) is 0.304. The van der Waals surface area contributed by atoms with Gasteiger partial charge in [0.1, 0.15) is 0 Å². The summed E-state index contributed by atoms with van der Waals surface area (Å²) in [4.78, 5) is 23.3. The van der Waals surface area contributed by atoms with Gasteiger partial charge in [-0.15, -0.1) is 0 Å². The Morgan fingerprint density at radius 2 is 1.94 bits per heavy atom. The third-order valence-corrected chi connectivity index (χ3v) is 5.93. The number of nitrogens with zero attached hydrogens (tertiary/aromatic N) is 6. The van der Waals surface area contributed by atoms with Crippen LogP contribution in [0.2, 0.25) is 0 Å². The van der Waals surface area contributed by atoms with Gasteiger partial charge in [0, 0.05) is 63.1 Å². The van der Waals surface area contributed by atoms with Crippen molar-refractivity contribution in [2.45, 2.75) is 13.1 Å². The normalized spacial score (nSPS) is 14.5. The maximum atomic E-state index is 13.5. The molecular formula is C23H23F3N8O. The summed E-state index contributed by atoms with van der Waals surface area (Å²) in [5, 5.41) is 9.99. The first-order valence-electron chi connectivity index (χ1n) is 11.0. The quantitative estimate of drug-likeness (QED) is 0.462. The predicted molar refractivity (Wildman–Crippen MR) is 123 cm³/mol. The Morgan fingerprint density at radius 3 is 2.66 bits per heavy atom. The predicted octanol–water partition coefficient (Wildman–Crippen LogP) is 3.25. The highest BCUT2D eigenvalue weighted by Gasteiger charge is 2.38. The Balaban J connectivity index is 1.45. The highest BCUT2D eigenvalue weighted by Crippen LogP contribution is 2.36. The number of aryl methyl sites for hydroxylation is 2. The minimum atomic E-state index is -4.60. The van der Waals surface area contributed by atoms with Crippen LogP contribution in [0.5, 0.6) is 0 Å². The molecule has 1 aliphatic rings. The Kier molecular flexibility index (Phi) is 5.67. The van der Waals surface area contributed by atoms with Crippen LogP contribution < -0.4 is 10.6 Å². The number of aromatic nitrogens is 5. The van der Waals surface area contributed by atoms with Crippen LogP contribution in [-0.4, -0.2) is 61.1 Å². The monoisotopic (exact) mass is 484 g/mol. The van der Waals surface area contributed by atoms with Gasteiger partial charge in [0.15, 0.2) is 17.2 Å². The van der Waals surface area contributed by atoms with E-state index in [1.54, 1.807) is 18.3 Å². The second kappa shape index (κ2) is 8.69. The summed E-state index contributed by atoms with van der Waals surface area (Å²) in [6, 6.07) is 5.39. The lowest BCUT2D eigenvalue weighted by Crippen LogP contribution is -2.46. The van der Waals surface area contributed by atoms with Crippen molar-refractivity contribution in [3.05, 3.63) is 59.8 Å². The number of alkyl halides is 3. The minimum Gasteiger partial charge on any atom is -0.337 e. The number of fused-ring (bicyclic) bond motifs is 1. The van der Waals surface area contributed by atoms with Crippen molar-refractivity contribution < 1.29 is 18.0 Å². The third-order valence-electron chi connectivity index (χ3n) is 5.93. The maximum absolute atomic E-state index is 13.5. The molecule has 1 amide bonds. The lowest BCUT2D eigenvalue weighted by molar-refractivity contribution is -0.141. The summed E-state index contributed by atoms with van der Waals surface area (Å²) in [5.74, 6) is 0.363. The Bertz CT molecular complexity index is 1400. The summed E-state index contributed by atoms with van der Waals surface area (Å²) >= 11 is 0. The standard InChI is InChI=1S/C23H23F3N8O/c1-14-11-15(3-4-16(14)22(35)33-8-5-27-6-9-33)30-20-21-29-12-18(34(21)10-7-28-20)17-13-32(2)31-19(17)23(24,25)26/h3-4,7,10-13,27H,5-6,8-9H2,1-2H3,(H,28,30). The van der Waals surface area contributed by atoms with Crippen LogP contribution in [0.25, 0.3) is 16.9 Å². The fourth-order valence-electron chi connectivity index (χ4n) is 4.25. The minimum absolute atomic E-state index is 0.00869. The van der Waals surface area contributed by atoms with Crippen LogP contribution in [0.1, 0.15) is 21.6 Å². The number of benzene rings is 1. The van der Waals surface area contributed by atoms with Gasteiger partial charge in [-0.25, -0.2) is 9.97 Å². The van der Waals surface area contributed by atoms with Crippen LogP contribution in [0.4, 0.5) is 24.7 Å². The molecule has 4 heterocycles. The highest BCUT2D eigenvalue weighted by molar-refractivity contribution is 5.96. The molecule has 5 rings (SSSR count). The summed E-state index contributed by atoms with van der Waals surface area (Å²) in [7, 11) is 1.44. The maximum Gasteiger partial charge on any atom is 0.435 e. The highest BCUT2D eigenvalue weighted by atomic mass is 19.4. The Morgan fingerprint density at radius 1 is 1.17 bits per heavy atom. The molecule has 12 heteroatoms. The van der Waals surface area contributed by atoms with E-state index < -0.39 is 11.9 Å². The molecule has 0 radical (unpaired) electrons. The molecule has 182 valence electrons. The van der Waals surface area contributed by atoms with Crippen molar-refractivity contribution >= 4 is 23.1 Å². The van der Waals surface area contributed by atoms with Crippen LogP contribution in [-0.2, 0) is 13.2 Å². The first-order chi connectivity index (χ1) is 16.7. The summed E-state index contributed by atoms with van der Waals surface area (Å²) in [6.45, 7) is 4.74. The van der Waals surface area contributed by atoms with Gasteiger partial charge in [-0.2, -0.15) is 18.3 Å². The van der Waals surface area contributed by atoms with Crippen molar-refractivity contribution in [3.8, 4) is 11.3 Å². The topological polar surface area (TPSA) is 92.4 Å². The number of piperazine rings is 1. The molecule has 4 aromatic rings. The molecule has 0 bridgehead atoms. The van der Waals surface area contributed by atoms with Gasteiger partial charge in [0.25, 0.3) is 5.91 Å². The molecule has 3 aromatic heterocycles. The van der Waals surface area contributed by atoms with Gasteiger partial charge in [-0.05, 0) is 30.7 Å². The number of halogens is 3. The van der Waals surface area contributed by atoms with E-state index in [4.69, 9.17) is 0 Å². The molecule has 0 atom stereocenters. The Labute approximate surface area is 198 Å². The van der Waals surface area contributed by atoms with E-state index in [1.165, 1.54) is 30.0 Å². The average molecular weight is 484 g/mol. The number of carbonyl (C=O) groups is 1. The van der Waals surface area contributed by atoms with Gasteiger partial charge >= 0.3 is 6.18 Å². The van der Waals surface area contributed by atoms with Crippen molar-refractivity contribution in [2.24, 2.45) is 7.05 Å². The molecule has 0 saturated carbocycles. The number of imidazole rings is 1. The molecule has 2 N–H and O–H groups in total. The molecule has 1 aliphatic heterocycles.